The lowest BCUT2D eigenvalue weighted by Gasteiger charge is -2.17. The summed E-state index contributed by atoms with van der Waals surface area (Å²) >= 11 is 0. The Morgan fingerprint density at radius 1 is 0.784 bits per heavy atom. The minimum atomic E-state index is 0.0916. The number of fused-ring (bicyclic) bond motifs is 1. The molecule has 1 atom stereocenters. The zero-order valence-electron chi connectivity index (χ0n) is 21.1. The van der Waals surface area contributed by atoms with Crippen LogP contribution >= 0.6 is 0 Å². The van der Waals surface area contributed by atoms with Crippen molar-refractivity contribution < 1.29 is 4.79 Å². The molecule has 0 aliphatic carbocycles. The van der Waals surface area contributed by atoms with E-state index < -0.39 is 0 Å². The number of hydrogen-bond donors (Lipinski definition) is 1. The number of nitrogens with one attached hydrogen (secondary N) is 1. The van der Waals surface area contributed by atoms with Crippen molar-refractivity contribution in [1.82, 2.24) is 14.9 Å². The van der Waals surface area contributed by atoms with Crippen molar-refractivity contribution in [1.29, 1.82) is 0 Å². The molecular weight excluding hydrogens is 454 g/mol. The number of pyridine rings is 1. The number of benzene rings is 3. The predicted molar refractivity (Wildman–Crippen MR) is 151 cm³/mol. The number of para-hydroxylation sites is 1. The first-order valence-corrected chi connectivity index (χ1v) is 13.1. The van der Waals surface area contributed by atoms with Gasteiger partial charge in [0.15, 0.2) is 0 Å². The lowest BCUT2D eigenvalue weighted by atomic mass is 9.89. The molecule has 2 heterocycles. The van der Waals surface area contributed by atoms with Crippen LogP contribution in [-0.2, 0) is 24.2 Å². The fraction of sp³-hybridized carbons (Fsp3) is 0.212. The van der Waals surface area contributed by atoms with Gasteiger partial charge >= 0.3 is 0 Å². The van der Waals surface area contributed by atoms with Gasteiger partial charge in [0.25, 0.3) is 0 Å². The number of aromatic nitrogens is 2. The van der Waals surface area contributed by atoms with Gasteiger partial charge in [0.1, 0.15) is 0 Å². The van der Waals surface area contributed by atoms with Gasteiger partial charge in [0.2, 0.25) is 5.91 Å². The molecule has 0 radical (unpaired) electrons. The van der Waals surface area contributed by atoms with Crippen molar-refractivity contribution in [3.63, 3.8) is 0 Å². The minimum Gasteiger partial charge on any atom is -0.356 e. The summed E-state index contributed by atoms with van der Waals surface area (Å²) in [5.41, 5.74) is 6.02. The number of aryl methyl sites for hydroxylation is 1. The van der Waals surface area contributed by atoms with Crippen LogP contribution in [0.25, 0.3) is 10.9 Å². The molecule has 4 nitrogen and oxygen atoms in total. The maximum Gasteiger partial charge on any atom is 0.220 e. The van der Waals surface area contributed by atoms with E-state index in [1.165, 1.54) is 27.6 Å². The summed E-state index contributed by atoms with van der Waals surface area (Å²) < 4.78 is 2.33. The van der Waals surface area contributed by atoms with Gasteiger partial charge in [-0.2, -0.15) is 0 Å². The third-order valence-corrected chi connectivity index (χ3v) is 6.94. The van der Waals surface area contributed by atoms with Crippen molar-refractivity contribution in [3.05, 3.63) is 138 Å². The highest BCUT2D eigenvalue weighted by Crippen LogP contribution is 2.33. The minimum absolute atomic E-state index is 0.0916. The first kappa shape index (κ1) is 24.5. The predicted octanol–water partition coefficient (Wildman–Crippen LogP) is 6.55. The Bertz CT molecular complexity index is 1410. The molecule has 0 bridgehead atoms. The van der Waals surface area contributed by atoms with Crippen LogP contribution in [0.2, 0.25) is 0 Å². The van der Waals surface area contributed by atoms with Crippen LogP contribution in [0.5, 0.6) is 0 Å². The summed E-state index contributed by atoms with van der Waals surface area (Å²) in [5, 5.41) is 4.37. The van der Waals surface area contributed by atoms with Crippen molar-refractivity contribution >= 4 is 16.8 Å². The number of rotatable bonds is 11. The molecule has 2 aromatic heterocycles. The summed E-state index contributed by atoms with van der Waals surface area (Å²) in [6.07, 6.45) is 7.12. The molecule has 0 fully saturated rings. The number of amides is 1. The van der Waals surface area contributed by atoms with Gasteiger partial charge < -0.3 is 9.88 Å². The summed E-state index contributed by atoms with van der Waals surface area (Å²) in [7, 11) is 0. The van der Waals surface area contributed by atoms with Gasteiger partial charge in [0, 0.05) is 54.9 Å². The van der Waals surface area contributed by atoms with E-state index in [0.29, 0.717) is 13.0 Å². The van der Waals surface area contributed by atoms with Gasteiger partial charge in [0.05, 0.1) is 0 Å². The first-order valence-electron chi connectivity index (χ1n) is 13.1. The molecule has 0 aliphatic rings. The average Bonchev–Trinajstić information content (AvgIpc) is 3.31. The molecule has 1 N–H and O–H groups in total. The van der Waals surface area contributed by atoms with Crippen LogP contribution in [0.3, 0.4) is 0 Å². The van der Waals surface area contributed by atoms with Crippen molar-refractivity contribution in [2.24, 2.45) is 0 Å². The summed E-state index contributed by atoms with van der Waals surface area (Å²) in [6, 6.07) is 35.6. The number of carbonyl (C=O) groups excluding carboxylic acids is 1. The van der Waals surface area contributed by atoms with Crippen LogP contribution in [0.15, 0.2) is 116 Å². The molecule has 0 saturated heterocycles. The van der Waals surface area contributed by atoms with Crippen molar-refractivity contribution in [2.45, 2.75) is 38.1 Å². The van der Waals surface area contributed by atoms with E-state index >= 15 is 0 Å². The van der Waals surface area contributed by atoms with Crippen LogP contribution < -0.4 is 5.32 Å². The van der Waals surface area contributed by atoms with E-state index in [0.717, 1.165) is 31.5 Å². The van der Waals surface area contributed by atoms with Crippen LogP contribution in [0, 0.1) is 0 Å². The molecule has 5 rings (SSSR count). The highest BCUT2D eigenvalue weighted by Gasteiger charge is 2.21. The monoisotopic (exact) mass is 487 g/mol. The lowest BCUT2D eigenvalue weighted by Crippen LogP contribution is -2.27. The summed E-state index contributed by atoms with van der Waals surface area (Å²) in [4.78, 5) is 17.5. The van der Waals surface area contributed by atoms with Crippen LogP contribution in [-0.4, -0.2) is 22.0 Å². The molecule has 3 aromatic carbocycles. The van der Waals surface area contributed by atoms with E-state index in [-0.39, 0.29) is 11.8 Å². The number of hydrogen-bond acceptors (Lipinski definition) is 2. The molecule has 186 valence electrons. The highest BCUT2D eigenvalue weighted by atomic mass is 16.1. The Labute approximate surface area is 219 Å². The molecule has 0 saturated carbocycles. The Kier molecular flexibility index (Phi) is 8.07. The quantitative estimate of drug-likeness (QED) is 0.230. The fourth-order valence-electron chi connectivity index (χ4n) is 5.04. The Morgan fingerprint density at radius 2 is 1.49 bits per heavy atom. The number of nitrogens with zero attached hydrogens (tertiary/aromatic N) is 2. The molecule has 37 heavy (non-hydrogen) atoms. The Hall–Kier alpha value is -4.18. The SMILES string of the molecule is O=C(C[C@H](CCc1ccccc1)c1cn(Cc2ccccc2)c2ccccc12)NCCc1ccccn1. The normalized spacial score (nSPS) is 11.9. The Balaban J connectivity index is 1.37. The standard InChI is InChI=1S/C33H33N3O/c37-33(35-22-20-29-15-9-10-21-34-29)23-28(19-18-26-11-3-1-4-12-26)31-25-36(24-27-13-5-2-6-14-27)32-17-8-7-16-30(31)32/h1-17,21,25,28H,18-20,22-24H2,(H,35,37)/t28-/m0/s1. The second-order valence-electron chi connectivity index (χ2n) is 9.56. The highest BCUT2D eigenvalue weighted by molar-refractivity contribution is 5.86. The molecule has 0 unspecified atom stereocenters. The zero-order valence-corrected chi connectivity index (χ0v) is 21.1. The maximum atomic E-state index is 13.1. The van der Waals surface area contributed by atoms with Gasteiger partial charge in [-0.25, -0.2) is 0 Å². The second-order valence-corrected chi connectivity index (χ2v) is 9.56. The molecular formula is C33H33N3O. The topological polar surface area (TPSA) is 46.9 Å². The third-order valence-electron chi connectivity index (χ3n) is 6.94. The number of carbonyl (C=O) groups is 1. The van der Waals surface area contributed by atoms with E-state index in [4.69, 9.17) is 0 Å². The molecule has 1 amide bonds. The molecule has 5 aromatic rings. The van der Waals surface area contributed by atoms with Gasteiger partial charge in [-0.05, 0) is 53.6 Å². The van der Waals surface area contributed by atoms with E-state index in [9.17, 15) is 4.79 Å². The van der Waals surface area contributed by atoms with Gasteiger partial charge in [-0.3, -0.25) is 9.78 Å². The van der Waals surface area contributed by atoms with Crippen LogP contribution in [0.4, 0.5) is 0 Å². The maximum absolute atomic E-state index is 13.1. The molecule has 4 heteroatoms. The zero-order chi connectivity index (χ0) is 25.3. The first-order chi connectivity index (χ1) is 18.3. The van der Waals surface area contributed by atoms with Crippen molar-refractivity contribution in [2.75, 3.05) is 6.54 Å². The lowest BCUT2D eigenvalue weighted by molar-refractivity contribution is -0.121. The largest absolute Gasteiger partial charge is 0.356 e. The van der Waals surface area contributed by atoms with Crippen LogP contribution in [0.1, 0.15) is 41.1 Å². The second kappa shape index (κ2) is 12.2. The summed E-state index contributed by atoms with van der Waals surface area (Å²) in [5.74, 6) is 0.214. The summed E-state index contributed by atoms with van der Waals surface area (Å²) in [6.45, 7) is 1.40. The fourth-order valence-corrected chi connectivity index (χ4v) is 5.04. The third kappa shape index (κ3) is 6.53. The van der Waals surface area contributed by atoms with Crippen molar-refractivity contribution in [3.8, 4) is 0 Å². The van der Waals surface area contributed by atoms with E-state index in [2.05, 4.69) is 99.9 Å². The van der Waals surface area contributed by atoms with Gasteiger partial charge in [-0.15, -0.1) is 0 Å². The average molecular weight is 488 g/mol. The van der Waals surface area contributed by atoms with Gasteiger partial charge in [-0.1, -0.05) is 84.9 Å². The Morgan fingerprint density at radius 3 is 2.24 bits per heavy atom. The molecule has 0 aliphatic heterocycles. The van der Waals surface area contributed by atoms with E-state index in [1.54, 1.807) is 6.20 Å². The molecule has 0 spiro atoms. The van der Waals surface area contributed by atoms with E-state index in [1.807, 2.05) is 24.3 Å². The smallest absolute Gasteiger partial charge is 0.220 e.